The van der Waals surface area contributed by atoms with Crippen molar-refractivity contribution >= 4 is 0 Å². The van der Waals surface area contributed by atoms with Crippen molar-refractivity contribution in [3.63, 3.8) is 0 Å². The lowest BCUT2D eigenvalue weighted by molar-refractivity contribution is 0.266. The Morgan fingerprint density at radius 3 is 2.73 bits per heavy atom. The summed E-state index contributed by atoms with van der Waals surface area (Å²) >= 11 is 0. The molecule has 1 atom stereocenters. The number of methoxy groups -OCH3 is 1. The van der Waals surface area contributed by atoms with Gasteiger partial charge in [-0.15, -0.1) is 4.91 Å². The average molecular weight is 206 g/mol. The molecule has 4 nitrogen and oxygen atoms in total. The normalized spacial score (nSPS) is 20.3. The summed E-state index contributed by atoms with van der Waals surface area (Å²) in [5.74, 6) is 0.836. The summed E-state index contributed by atoms with van der Waals surface area (Å²) in [6.07, 6.45) is 2.03. The second kappa shape index (κ2) is 4.29. The predicted octanol–water partition coefficient (Wildman–Crippen LogP) is 2.51. The van der Waals surface area contributed by atoms with Gasteiger partial charge in [0.15, 0.2) is 0 Å². The van der Waals surface area contributed by atoms with Gasteiger partial charge in [-0.25, -0.2) is 0 Å². The van der Waals surface area contributed by atoms with E-state index in [0.29, 0.717) is 0 Å². The highest BCUT2D eigenvalue weighted by Gasteiger charge is 2.25. The highest BCUT2D eigenvalue weighted by Crippen LogP contribution is 2.32. The Morgan fingerprint density at radius 2 is 2.13 bits per heavy atom. The van der Waals surface area contributed by atoms with E-state index in [0.717, 1.165) is 30.7 Å². The maximum atomic E-state index is 10.6. The first-order valence-electron chi connectivity index (χ1n) is 5.09. The Balaban J connectivity index is 2.17. The van der Waals surface area contributed by atoms with Gasteiger partial charge in [-0.1, -0.05) is 12.1 Å². The Hall–Kier alpha value is -1.58. The van der Waals surface area contributed by atoms with Crippen LogP contribution in [0.15, 0.2) is 29.6 Å². The minimum atomic E-state index is 0.147. The van der Waals surface area contributed by atoms with Crippen LogP contribution in [-0.2, 0) is 0 Å². The van der Waals surface area contributed by atoms with Crippen LogP contribution in [0.5, 0.6) is 5.75 Å². The molecule has 1 aliphatic heterocycles. The Bertz CT molecular complexity index is 337. The van der Waals surface area contributed by atoms with Gasteiger partial charge in [0.2, 0.25) is 0 Å². The van der Waals surface area contributed by atoms with Crippen molar-refractivity contribution in [2.45, 2.75) is 18.9 Å². The molecule has 1 heterocycles. The SMILES string of the molecule is COc1ccc([C@H]2CCCN2N=O)cc1. The Morgan fingerprint density at radius 1 is 1.40 bits per heavy atom. The molecule has 2 rings (SSSR count). The molecule has 80 valence electrons. The highest BCUT2D eigenvalue weighted by molar-refractivity contribution is 5.29. The van der Waals surface area contributed by atoms with E-state index >= 15 is 0 Å². The van der Waals surface area contributed by atoms with Crippen molar-refractivity contribution in [2.75, 3.05) is 13.7 Å². The fourth-order valence-electron chi connectivity index (χ4n) is 2.01. The van der Waals surface area contributed by atoms with Crippen LogP contribution in [0.3, 0.4) is 0 Å². The third-order valence-corrected chi connectivity index (χ3v) is 2.83. The molecule has 0 aromatic heterocycles. The van der Waals surface area contributed by atoms with Gasteiger partial charge in [0.05, 0.1) is 18.4 Å². The van der Waals surface area contributed by atoms with Crippen molar-refractivity contribution in [1.29, 1.82) is 0 Å². The Labute approximate surface area is 88.8 Å². The second-order valence-corrected chi connectivity index (χ2v) is 3.68. The summed E-state index contributed by atoms with van der Waals surface area (Å²) in [7, 11) is 1.64. The van der Waals surface area contributed by atoms with Gasteiger partial charge in [-0.3, -0.25) is 5.01 Å². The molecule has 0 N–H and O–H groups in total. The molecule has 1 aromatic rings. The first-order chi connectivity index (χ1) is 7.35. The van der Waals surface area contributed by atoms with Crippen molar-refractivity contribution in [1.82, 2.24) is 5.01 Å². The zero-order valence-corrected chi connectivity index (χ0v) is 8.72. The number of rotatable bonds is 3. The second-order valence-electron chi connectivity index (χ2n) is 3.68. The zero-order valence-electron chi connectivity index (χ0n) is 8.72. The van der Waals surface area contributed by atoms with E-state index in [1.165, 1.54) is 0 Å². The molecule has 0 unspecified atom stereocenters. The van der Waals surface area contributed by atoms with Gasteiger partial charge in [0, 0.05) is 6.54 Å². The molecule has 0 spiro atoms. The third kappa shape index (κ3) is 1.93. The van der Waals surface area contributed by atoms with Crippen LogP contribution < -0.4 is 4.74 Å². The first kappa shape index (κ1) is 9.96. The zero-order chi connectivity index (χ0) is 10.7. The quantitative estimate of drug-likeness (QED) is 0.713. The minimum absolute atomic E-state index is 0.147. The standard InChI is InChI=1S/C11H14N2O2/c1-15-10-6-4-9(5-7-10)11-3-2-8-13(11)12-14/h4-7,11H,2-3,8H2,1H3/t11-/m1/s1. The molecule has 1 saturated heterocycles. The van der Waals surface area contributed by atoms with E-state index in [4.69, 9.17) is 4.74 Å². The van der Waals surface area contributed by atoms with Gasteiger partial charge in [0.25, 0.3) is 0 Å². The van der Waals surface area contributed by atoms with Crippen LogP contribution in [-0.4, -0.2) is 18.7 Å². The van der Waals surface area contributed by atoms with E-state index in [1.54, 1.807) is 12.1 Å². The van der Waals surface area contributed by atoms with E-state index in [1.807, 2.05) is 24.3 Å². The summed E-state index contributed by atoms with van der Waals surface area (Å²) in [5, 5.41) is 4.65. The number of nitroso groups, excluding NO2 is 1. The molecule has 4 heteroatoms. The number of hydrogen-bond donors (Lipinski definition) is 0. The topological polar surface area (TPSA) is 41.9 Å². The molecular formula is C11H14N2O2. The van der Waals surface area contributed by atoms with Gasteiger partial charge >= 0.3 is 0 Å². The summed E-state index contributed by atoms with van der Waals surface area (Å²) in [4.78, 5) is 10.6. The lowest BCUT2D eigenvalue weighted by Crippen LogP contribution is -2.15. The van der Waals surface area contributed by atoms with Crippen molar-refractivity contribution in [3.8, 4) is 5.75 Å². The van der Waals surface area contributed by atoms with Crippen LogP contribution in [0.4, 0.5) is 0 Å². The lowest BCUT2D eigenvalue weighted by Gasteiger charge is -2.18. The molecular weight excluding hydrogens is 192 g/mol. The first-order valence-corrected chi connectivity index (χ1v) is 5.09. The number of ether oxygens (including phenoxy) is 1. The van der Waals surface area contributed by atoms with Crippen molar-refractivity contribution in [2.24, 2.45) is 5.29 Å². The van der Waals surface area contributed by atoms with Crippen LogP contribution in [0.1, 0.15) is 24.4 Å². The predicted molar refractivity (Wildman–Crippen MR) is 57.5 cm³/mol. The lowest BCUT2D eigenvalue weighted by atomic mass is 10.1. The summed E-state index contributed by atoms with van der Waals surface area (Å²) in [6, 6.07) is 7.96. The van der Waals surface area contributed by atoms with Crippen LogP contribution >= 0.6 is 0 Å². The largest absolute Gasteiger partial charge is 0.497 e. The monoisotopic (exact) mass is 206 g/mol. The fraction of sp³-hybridized carbons (Fsp3) is 0.455. The van der Waals surface area contributed by atoms with Gasteiger partial charge < -0.3 is 4.74 Å². The summed E-state index contributed by atoms with van der Waals surface area (Å²) in [6.45, 7) is 0.764. The number of benzene rings is 1. The van der Waals surface area contributed by atoms with Crippen LogP contribution in [0.2, 0.25) is 0 Å². The average Bonchev–Trinajstić information content (AvgIpc) is 2.77. The third-order valence-electron chi connectivity index (χ3n) is 2.83. The number of hydrogen-bond acceptors (Lipinski definition) is 3. The van der Waals surface area contributed by atoms with Crippen LogP contribution in [0, 0.1) is 4.91 Å². The van der Waals surface area contributed by atoms with E-state index in [2.05, 4.69) is 5.29 Å². The molecule has 0 aliphatic carbocycles. The van der Waals surface area contributed by atoms with E-state index in [-0.39, 0.29) is 6.04 Å². The molecule has 0 saturated carbocycles. The van der Waals surface area contributed by atoms with E-state index in [9.17, 15) is 4.91 Å². The molecule has 0 bridgehead atoms. The fourth-order valence-corrected chi connectivity index (χ4v) is 2.01. The van der Waals surface area contributed by atoms with Gasteiger partial charge in [0.1, 0.15) is 5.75 Å². The smallest absolute Gasteiger partial charge is 0.118 e. The van der Waals surface area contributed by atoms with Crippen molar-refractivity contribution < 1.29 is 4.74 Å². The highest BCUT2D eigenvalue weighted by atomic mass is 16.5. The van der Waals surface area contributed by atoms with E-state index < -0.39 is 0 Å². The molecule has 15 heavy (non-hydrogen) atoms. The van der Waals surface area contributed by atoms with Gasteiger partial charge in [-0.2, -0.15) is 0 Å². The van der Waals surface area contributed by atoms with Crippen molar-refractivity contribution in [3.05, 3.63) is 34.7 Å². The number of nitrogens with zero attached hydrogens (tertiary/aromatic N) is 2. The molecule has 1 aliphatic rings. The Kier molecular flexibility index (Phi) is 2.85. The molecule has 0 radical (unpaired) electrons. The molecule has 0 amide bonds. The van der Waals surface area contributed by atoms with Crippen LogP contribution in [0.25, 0.3) is 0 Å². The maximum Gasteiger partial charge on any atom is 0.118 e. The minimum Gasteiger partial charge on any atom is -0.497 e. The summed E-state index contributed by atoms with van der Waals surface area (Å²) < 4.78 is 5.09. The summed E-state index contributed by atoms with van der Waals surface area (Å²) in [5.41, 5.74) is 1.13. The maximum absolute atomic E-state index is 10.6. The molecule has 1 aromatic carbocycles. The molecule has 1 fully saturated rings. The van der Waals surface area contributed by atoms with Gasteiger partial charge in [-0.05, 0) is 30.5 Å².